The third kappa shape index (κ3) is 8.95. The van der Waals surface area contributed by atoms with Crippen LogP contribution < -0.4 is 9.47 Å². The van der Waals surface area contributed by atoms with Crippen LogP contribution in [0.1, 0.15) is 75.3 Å². The van der Waals surface area contributed by atoms with Crippen LogP contribution in [0, 0.1) is 29.3 Å². The van der Waals surface area contributed by atoms with E-state index in [0.717, 1.165) is 67.8 Å². The van der Waals surface area contributed by atoms with E-state index in [1.807, 2.05) is 0 Å². The smallest absolute Gasteiger partial charge is 0.429 e. The highest BCUT2D eigenvalue weighted by Gasteiger charge is 2.42. The van der Waals surface area contributed by atoms with Crippen molar-refractivity contribution in [1.82, 2.24) is 0 Å². The molecule has 4 nitrogen and oxygen atoms in total. The van der Waals surface area contributed by atoms with E-state index in [-0.39, 0.29) is 34.8 Å². The molecule has 47 heavy (non-hydrogen) atoms. The molecular weight excluding hydrogens is 636 g/mol. The van der Waals surface area contributed by atoms with Gasteiger partial charge in [0.1, 0.15) is 34.5 Å². The van der Waals surface area contributed by atoms with E-state index in [4.69, 9.17) is 9.47 Å². The minimum Gasteiger partial charge on any atom is -0.429 e. The zero-order chi connectivity index (χ0) is 33.8. The molecule has 3 aromatic rings. The molecule has 0 spiro atoms. The molecule has 0 radical (unpaired) electrons. The van der Waals surface area contributed by atoms with Gasteiger partial charge in [0.2, 0.25) is 0 Å². The van der Waals surface area contributed by atoms with Crippen LogP contribution in [0.5, 0.6) is 11.5 Å². The average molecular weight is 673 g/mol. The summed E-state index contributed by atoms with van der Waals surface area (Å²) in [7, 11) is 0. The average Bonchev–Trinajstić information content (AvgIpc) is 3.01. The molecule has 0 atom stereocenters. The lowest BCUT2D eigenvalue weighted by atomic mass is 9.78. The van der Waals surface area contributed by atoms with Gasteiger partial charge in [0, 0.05) is 23.5 Å². The van der Waals surface area contributed by atoms with E-state index in [1.165, 1.54) is 6.42 Å². The molecular formula is C35H36F8O4. The summed E-state index contributed by atoms with van der Waals surface area (Å²) in [6, 6.07) is 8.62. The number of hydrogen-bond donors (Lipinski definition) is 0. The highest BCUT2D eigenvalue weighted by atomic mass is 19.4. The fourth-order valence-corrected chi connectivity index (χ4v) is 6.34. The molecule has 1 saturated carbocycles. The summed E-state index contributed by atoms with van der Waals surface area (Å²) in [4.78, 5) is 0. The number of benzene rings is 3. The van der Waals surface area contributed by atoms with E-state index in [1.54, 1.807) is 0 Å². The molecule has 1 aliphatic carbocycles. The van der Waals surface area contributed by atoms with Gasteiger partial charge in [-0.05, 0) is 85.5 Å². The molecule has 3 aromatic carbocycles. The van der Waals surface area contributed by atoms with Crippen molar-refractivity contribution in [3.63, 3.8) is 0 Å². The number of rotatable bonds is 11. The second-order valence-electron chi connectivity index (χ2n) is 12.2. The molecule has 256 valence electrons. The van der Waals surface area contributed by atoms with Gasteiger partial charge >= 0.3 is 12.5 Å². The summed E-state index contributed by atoms with van der Waals surface area (Å²) in [6.45, 7) is 3.46. The number of unbranched alkanes of at least 4 members (excludes halogenated alkanes) is 2. The lowest BCUT2D eigenvalue weighted by Gasteiger charge is -2.37. The van der Waals surface area contributed by atoms with Crippen LogP contribution in [0.3, 0.4) is 0 Å². The monoisotopic (exact) mass is 672 g/mol. The van der Waals surface area contributed by atoms with Crippen LogP contribution in [0.25, 0.3) is 11.1 Å². The van der Waals surface area contributed by atoms with Gasteiger partial charge in [-0.25, -0.2) is 13.2 Å². The Morgan fingerprint density at radius 1 is 0.723 bits per heavy atom. The molecule has 1 saturated heterocycles. The highest BCUT2D eigenvalue weighted by molar-refractivity contribution is 5.65. The van der Waals surface area contributed by atoms with Crippen LogP contribution >= 0.6 is 0 Å². The first-order chi connectivity index (χ1) is 22.3. The van der Waals surface area contributed by atoms with Crippen LogP contribution in [0.15, 0.2) is 54.6 Å². The maximum Gasteiger partial charge on any atom is 0.573 e. The second-order valence-corrected chi connectivity index (χ2v) is 12.2. The summed E-state index contributed by atoms with van der Waals surface area (Å²) in [5, 5.41) is 0. The molecule has 12 heteroatoms. The molecule has 0 aromatic heterocycles. The summed E-state index contributed by atoms with van der Waals surface area (Å²) in [6.07, 6.45) is -2.59. The van der Waals surface area contributed by atoms with E-state index >= 15 is 17.6 Å². The normalized spacial score (nSPS) is 22.2. The molecule has 5 rings (SSSR count). The van der Waals surface area contributed by atoms with Gasteiger partial charge in [-0.3, -0.25) is 0 Å². The molecule has 0 amide bonds. The highest BCUT2D eigenvalue weighted by Crippen LogP contribution is 2.42. The van der Waals surface area contributed by atoms with E-state index < -0.39 is 47.0 Å². The Kier molecular flexibility index (Phi) is 11.0. The first-order valence-corrected chi connectivity index (χ1v) is 15.8. The van der Waals surface area contributed by atoms with E-state index in [0.29, 0.717) is 50.9 Å². The minimum atomic E-state index is -4.91. The molecule has 2 aliphatic rings. The lowest BCUT2D eigenvalue weighted by Crippen LogP contribution is -2.38. The van der Waals surface area contributed by atoms with Crippen LogP contribution in [0.4, 0.5) is 35.1 Å². The zero-order valence-electron chi connectivity index (χ0n) is 25.7. The maximum absolute atomic E-state index is 15.1. The maximum atomic E-state index is 15.1. The largest absolute Gasteiger partial charge is 0.573 e. The Morgan fingerprint density at radius 3 is 1.91 bits per heavy atom. The van der Waals surface area contributed by atoms with Gasteiger partial charge in [0.25, 0.3) is 0 Å². The fraction of sp³-hybridized carbons (Fsp3) is 0.486. The van der Waals surface area contributed by atoms with Crippen molar-refractivity contribution in [2.45, 2.75) is 83.0 Å². The molecule has 2 fully saturated rings. The Balaban J connectivity index is 1.19. The zero-order valence-corrected chi connectivity index (χ0v) is 25.7. The number of ether oxygens (including phenoxy) is 4. The van der Waals surface area contributed by atoms with E-state index in [2.05, 4.69) is 16.4 Å². The minimum absolute atomic E-state index is 0.127. The second kappa shape index (κ2) is 14.8. The quantitative estimate of drug-likeness (QED) is 0.150. The summed E-state index contributed by atoms with van der Waals surface area (Å²) >= 11 is 0. The topological polar surface area (TPSA) is 36.9 Å². The Morgan fingerprint density at radius 2 is 1.34 bits per heavy atom. The summed E-state index contributed by atoms with van der Waals surface area (Å²) in [5.41, 5.74) is -1.34. The van der Waals surface area contributed by atoms with Crippen molar-refractivity contribution >= 4 is 0 Å². The summed E-state index contributed by atoms with van der Waals surface area (Å²) in [5.74, 6) is -4.98. The van der Waals surface area contributed by atoms with Crippen LogP contribution in [0.2, 0.25) is 0 Å². The van der Waals surface area contributed by atoms with Crippen molar-refractivity contribution in [2.75, 3.05) is 13.2 Å². The molecule has 1 aliphatic heterocycles. The van der Waals surface area contributed by atoms with Crippen molar-refractivity contribution in [1.29, 1.82) is 0 Å². The fourth-order valence-electron chi connectivity index (χ4n) is 6.34. The standard InChI is InChI=1S/C35H36F8O4/c1-2-3-4-5-21-19-44-33(45-20-21)24-8-6-22(7-9-24)25-16-30(37)32(31(38)17-25)34(39,40)46-27-14-15-28(29(36)18-27)23-10-12-26(13-11-23)47-35(41,42)43/h10-18,21-22,24,33H,2-9,19-20H2,1H3. The number of halogens is 8. The van der Waals surface area contributed by atoms with Crippen molar-refractivity contribution in [3.8, 4) is 22.6 Å². The van der Waals surface area contributed by atoms with Crippen molar-refractivity contribution in [2.24, 2.45) is 11.8 Å². The lowest BCUT2D eigenvalue weighted by molar-refractivity contribution is -0.274. The molecule has 0 bridgehead atoms. The van der Waals surface area contributed by atoms with Crippen molar-refractivity contribution < 1.29 is 54.1 Å². The Hall–Kier alpha value is -3.38. The number of hydrogen-bond acceptors (Lipinski definition) is 4. The summed E-state index contributed by atoms with van der Waals surface area (Å²) < 4.78 is 133. The third-order valence-corrected chi connectivity index (χ3v) is 8.78. The first-order valence-electron chi connectivity index (χ1n) is 15.8. The number of alkyl halides is 5. The Labute approximate surface area is 268 Å². The van der Waals surface area contributed by atoms with Gasteiger partial charge in [0.05, 0.1) is 13.2 Å². The predicted octanol–water partition coefficient (Wildman–Crippen LogP) is 10.6. The molecule has 1 heterocycles. The first kappa shape index (κ1) is 34.9. The molecule has 0 N–H and O–H groups in total. The van der Waals surface area contributed by atoms with Crippen molar-refractivity contribution in [3.05, 3.63) is 83.2 Å². The molecule has 0 unspecified atom stereocenters. The van der Waals surface area contributed by atoms with Gasteiger partial charge in [0.15, 0.2) is 6.29 Å². The third-order valence-electron chi connectivity index (χ3n) is 8.78. The predicted molar refractivity (Wildman–Crippen MR) is 157 cm³/mol. The van der Waals surface area contributed by atoms with Crippen LogP contribution in [-0.4, -0.2) is 25.9 Å². The SMILES string of the molecule is CCCCCC1COC(C2CCC(c3cc(F)c(C(F)(F)Oc4ccc(-c5ccc(OC(F)(F)F)cc5)c(F)c4)c(F)c3)CC2)OC1. The van der Waals surface area contributed by atoms with Crippen LogP contribution in [-0.2, 0) is 15.6 Å². The van der Waals surface area contributed by atoms with Gasteiger partial charge in [-0.1, -0.05) is 38.3 Å². The van der Waals surface area contributed by atoms with E-state index in [9.17, 15) is 17.6 Å². The van der Waals surface area contributed by atoms with Gasteiger partial charge < -0.3 is 18.9 Å². The van der Waals surface area contributed by atoms with Gasteiger partial charge in [-0.15, -0.1) is 13.2 Å². The Bertz CT molecular complexity index is 1450. The van der Waals surface area contributed by atoms with Gasteiger partial charge in [-0.2, -0.15) is 8.78 Å².